The quantitative estimate of drug-likeness (QED) is 0.368. The number of ether oxygens (including phenoxy) is 1. The van der Waals surface area contributed by atoms with Crippen molar-refractivity contribution in [2.24, 2.45) is 0 Å². The summed E-state index contributed by atoms with van der Waals surface area (Å²) < 4.78 is 71.8. The fraction of sp³-hybridized carbons (Fsp3) is 0.100. The fourth-order valence-corrected chi connectivity index (χ4v) is 5.52. The Morgan fingerprint density at radius 2 is 1.68 bits per heavy atom. The molecule has 0 fully saturated rings. The van der Waals surface area contributed by atoms with Crippen LogP contribution in [0.2, 0.25) is 5.02 Å². The largest absolute Gasteiger partial charge is 0.479 e. The van der Waals surface area contributed by atoms with Crippen molar-refractivity contribution in [3.05, 3.63) is 64.0 Å². The lowest BCUT2D eigenvalue weighted by Crippen LogP contribution is -2.18. The molecule has 0 bridgehead atoms. The van der Waals surface area contributed by atoms with Crippen molar-refractivity contribution in [1.29, 1.82) is 0 Å². The van der Waals surface area contributed by atoms with Gasteiger partial charge in [0.1, 0.15) is 5.02 Å². The summed E-state index contributed by atoms with van der Waals surface area (Å²) >= 11 is 6.90. The van der Waals surface area contributed by atoms with Crippen LogP contribution in [0.1, 0.15) is 15.2 Å². The van der Waals surface area contributed by atoms with Gasteiger partial charge in [-0.2, -0.15) is 13.2 Å². The summed E-state index contributed by atoms with van der Waals surface area (Å²) in [6, 6.07) is 8.93. The van der Waals surface area contributed by atoms with Gasteiger partial charge in [0.2, 0.25) is 0 Å². The van der Waals surface area contributed by atoms with Gasteiger partial charge in [0.15, 0.2) is 17.2 Å². The lowest BCUT2D eigenvalue weighted by atomic mass is 10.1. The van der Waals surface area contributed by atoms with Gasteiger partial charge in [-0.05, 0) is 29.8 Å². The molecule has 0 atom stereocenters. The molecule has 0 saturated heterocycles. The monoisotopic (exact) mass is 535 g/mol. The first-order valence-corrected chi connectivity index (χ1v) is 11.7. The predicted octanol–water partition coefficient (Wildman–Crippen LogP) is 5.05. The third-order valence-corrected chi connectivity index (χ3v) is 7.34. The second-order valence-corrected chi connectivity index (χ2v) is 9.62. The molecule has 34 heavy (non-hydrogen) atoms. The number of thiophene rings is 1. The molecule has 180 valence electrons. The van der Waals surface area contributed by atoms with Crippen LogP contribution in [0.15, 0.2) is 53.4 Å². The molecule has 0 spiro atoms. The average Bonchev–Trinajstić information content (AvgIpc) is 3.08. The number of carboxylic acids is 2. The zero-order chi connectivity index (χ0) is 25.3. The summed E-state index contributed by atoms with van der Waals surface area (Å²) in [5.74, 6) is -3.07. The van der Waals surface area contributed by atoms with Gasteiger partial charge in [0, 0.05) is 5.69 Å². The highest BCUT2D eigenvalue weighted by Gasteiger charge is 2.37. The Hall–Kier alpha value is -3.29. The smallest absolute Gasteiger partial charge is 0.417 e. The van der Waals surface area contributed by atoms with Crippen molar-refractivity contribution >= 4 is 50.6 Å². The molecular weight excluding hydrogens is 523 g/mol. The number of carboxylic acid groups (broad SMARTS) is 2. The van der Waals surface area contributed by atoms with Crippen LogP contribution in [0.4, 0.5) is 18.9 Å². The molecule has 0 aliphatic rings. The van der Waals surface area contributed by atoms with E-state index in [0.29, 0.717) is 23.0 Å². The zero-order valence-electron chi connectivity index (χ0n) is 16.6. The summed E-state index contributed by atoms with van der Waals surface area (Å²) in [5, 5.41) is 17.9. The molecule has 2 aromatic carbocycles. The number of benzene rings is 2. The Bertz CT molecular complexity index is 1350. The number of hydrogen-bond acceptors (Lipinski definition) is 6. The number of anilines is 1. The summed E-state index contributed by atoms with van der Waals surface area (Å²) in [6.45, 7) is -0.823. The van der Waals surface area contributed by atoms with E-state index < -0.39 is 45.2 Å². The van der Waals surface area contributed by atoms with Crippen LogP contribution in [-0.4, -0.2) is 37.2 Å². The summed E-state index contributed by atoms with van der Waals surface area (Å²) in [7, 11) is -4.59. The number of sulfonamides is 1. The van der Waals surface area contributed by atoms with Crippen LogP contribution in [-0.2, 0) is 21.0 Å². The first-order valence-electron chi connectivity index (χ1n) is 9.01. The molecule has 0 aliphatic heterocycles. The molecule has 1 heterocycles. The van der Waals surface area contributed by atoms with Gasteiger partial charge < -0.3 is 14.9 Å². The van der Waals surface area contributed by atoms with Crippen LogP contribution < -0.4 is 9.46 Å². The average molecular weight is 536 g/mol. The Balaban J connectivity index is 1.92. The number of aliphatic carboxylic acids is 1. The van der Waals surface area contributed by atoms with Gasteiger partial charge >= 0.3 is 18.1 Å². The summed E-state index contributed by atoms with van der Waals surface area (Å²) in [5.41, 5.74) is -1.05. The highest BCUT2D eigenvalue weighted by atomic mass is 35.5. The summed E-state index contributed by atoms with van der Waals surface area (Å²) in [6.07, 6.45) is -4.88. The second-order valence-electron chi connectivity index (χ2n) is 6.57. The van der Waals surface area contributed by atoms with Crippen molar-refractivity contribution < 1.29 is 46.1 Å². The lowest BCUT2D eigenvalue weighted by molar-refractivity contribution is -0.140. The maximum atomic E-state index is 13.2. The number of rotatable bonds is 8. The van der Waals surface area contributed by atoms with Crippen LogP contribution in [0.3, 0.4) is 0 Å². The van der Waals surface area contributed by atoms with Crippen LogP contribution >= 0.6 is 22.9 Å². The van der Waals surface area contributed by atoms with Gasteiger partial charge in [-0.1, -0.05) is 35.9 Å². The van der Waals surface area contributed by atoms with Gasteiger partial charge in [-0.3, -0.25) is 4.72 Å². The van der Waals surface area contributed by atoms with Crippen molar-refractivity contribution in [2.75, 3.05) is 11.3 Å². The second kappa shape index (κ2) is 9.52. The molecule has 14 heteroatoms. The van der Waals surface area contributed by atoms with E-state index in [4.69, 9.17) is 21.4 Å². The Morgan fingerprint density at radius 1 is 1.06 bits per heavy atom. The van der Waals surface area contributed by atoms with Gasteiger partial charge in [-0.15, -0.1) is 11.3 Å². The van der Waals surface area contributed by atoms with Gasteiger partial charge in [-0.25, -0.2) is 18.0 Å². The fourth-order valence-electron chi connectivity index (χ4n) is 2.82. The number of hydrogen-bond donors (Lipinski definition) is 3. The predicted molar refractivity (Wildman–Crippen MR) is 117 cm³/mol. The highest BCUT2D eigenvalue weighted by molar-refractivity contribution is 7.92. The van der Waals surface area contributed by atoms with E-state index in [1.54, 1.807) is 0 Å². The topological polar surface area (TPSA) is 130 Å². The van der Waals surface area contributed by atoms with E-state index in [9.17, 15) is 36.3 Å². The maximum absolute atomic E-state index is 13.2. The third-order valence-electron chi connectivity index (χ3n) is 4.22. The van der Waals surface area contributed by atoms with Crippen LogP contribution in [0.5, 0.6) is 5.75 Å². The van der Waals surface area contributed by atoms with E-state index >= 15 is 0 Å². The zero-order valence-corrected chi connectivity index (χ0v) is 19.0. The third kappa shape index (κ3) is 5.43. The minimum Gasteiger partial charge on any atom is -0.479 e. The van der Waals surface area contributed by atoms with Crippen molar-refractivity contribution in [3.63, 3.8) is 0 Å². The Labute approximate surface area is 199 Å². The van der Waals surface area contributed by atoms with E-state index in [-0.39, 0.29) is 26.2 Å². The standard InChI is InChI=1S/C20H13ClF3NO7S2/c21-15-16(32-9-14(26)27)18(19(28)29)33-17(15)10-5-7-11(8-6-10)25-34(30,31)13-4-2-1-3-12(13)20(22,23)24/h1-8,25H,9H2,(H,26,27)(H,28,29). The SMILES string of the molecule is O=C(O)COc1c(C(=O)O)sc(-c2ccc(NS(=O)(=O)c3ccccc3C(F)(F)F)cc2)c1Cl. The summed E-state index contributed by atoms with van der Waals surface area (Å²) in [4.78, 5) is 21.1. The van der Waals surface area contributed by atoms with Crippen LogP contribution in [0.25, 0.3) is 10.4 Å². The van der Waals surface area contributed by atoms with E-state index in [1.807, 2.05) is 0 Å². The van der Waals surface area contributed by atoms with Crippen molar-refractivity contribution in [2.45, 2.75) is 11.1 Å². The normalized spacial score (nSPS) is 11.8. The first kappa shape index (κ1) is 25.3. The molecule has 3 aromatic rings. The molecular formula is C20H13ClF3NO7S2. The minimum absolute atomic E-state index is 0.0609. The molecule has 3 rings (SSSR count). The number of nitrogens with one attached hydrogen (secondary N) is 1. The minimum atomic E-state index is -4.88. The van der Waals surface area contributed by atoms with Crippen molar-refractivity contribution in [3.8, 4) is 16.2 Å². The number of aromatic carboxylic acids is 1. The Morgan fingerprint density at radius 3 is 2.24 bits per heavy atom. The Kier molecular flexibility index (Phi) is 7.10. The molecule has 0 aliphatic carbocycles. The first-order chi connectivity index (χ1) is 15.8. The van der Waals surface area contributed by atoms with Crippen LogP contribution in [0, 0.1) is 0 Å². The van der Waals surface area contributed by atoms with Gasteiger partial charge in [0.25, 0.3) is 10.0 Å². The molecule has 0 unspecified atom stereocenters. The molecule has 3 N–H and O–H groups in total. The highest BCUT2D eigenvalue weighted by Crippen LogP contribution is 2.45. The number of halogens is 4. The number of alkyl halides is 3. The molecule has 0 amide bonds. The molecule has 1 aromatic heterocycles. The molecule has 8 nitrogen and oxygen atoms in total. The van der Waals surface area contributed by atoms with Gasteiger partial charge in [0.05, 0.1) is 15.3 Å². The molecule has 0 saturated carbocycles. The lowest BCUT2D eigenvalue weighted by Gasteiger charge is -2.14. The van der Waals surface area contributed by atoms with E-state index in [1.165, 1.54) is 24.3 Å². The van der Waals surface area contributed by atoms with E-state index in [2.05, 4.69) is 4.72 Å². The van der Waals surface area contributed by atoms with E-state index in [0.717, 1.165) is 18.2 Å². The van der Waals surface area contributed by atoms with Crippen molar-refractivity contribution in [1.82, 2.24) is 0 Å². The molecule has 0 radical (unpaired) electrons. The number of carbonyl (C=O) groups is 2. The maximum Gasteiger partial charge on any atom is 0.417 e.